The van der Waals surface area contributed by atoms with Crippen LogP contribution < -0.4 is 15.8 Å². The molecular weight excluding hydrogens is 518 g/mol. The van der Waals surface area contributed by atoms with E-state index in [1.807, 2.05) is 29.2 Å². The van der Waals surface area contributed by atoms with Crippen molar-refractivity contribution in [1.82, 2.24) is 19.6 Å². The van der Waals surface area contributed by atoms with E-state index in [0.29, 0.717) is 35.0 Å². The van der Waals surface area contributed by atoms with Gasteiger partial charge in [-0.25, -0.2) is 9.78 Å². The van der Waals surface area contributed by atoms with Crippen LogP contribution in [0.4, 0.5) is 10.6 Å². The number of anilines is 1. The van der Waals surface area contributed by atoms with Gasteiger partial charge in [0.2, 0.25) is 11.8 Å². The number of carbonyl (C=O) groups is 3. The largest absolute Gasteiger partial charge is 0.347 e. The lowest BCUT2D eigenvalue weighted by Gasteiger charge is -2.53. The molecule has 0 aliphatic carbocycles. The molecule has 10 heteroatoms. The molecule has 5 heterocycles. The Hall–Kier alpha value is -4.50. The van der Waals surface area contributed by atoms with Crippen molar-refractivity contribution in [1.29, 1.82) is 0 Å². The van der Waals surface area contributed by atoms with E-state index in [9.17, 15) is 19.2 Å². The fourth-order valence-corrected chi connectivity index (χ4v) is 6.45. The standard InChI is InChI=1S/C29H22ClN5O4/c30-21-10-4-2-8-18(21)16-35-27(38)29(26(37)32-28(35)39)15-20-24(31-22-11-5-6-13-33(22)25(20)36)34-14-12-17-7-1-3-9-19(17)23(29)34/h1-11,13,23H,12,14-16H2,(H,32,37,39)/t23-,29+/m0/s1. The summed E-state index contributed by atoms with van der Waals surface area (Å²) < 4.78 is 1.42. The molecule has 1 spiro atoms. The number of halogens is 1. The first kappa shape index (κ1) is 23.6. The van der Waals surface area contributed by atoms with Crippen molar-refractivity contribution in [3.05, 3.63) is 111 Å². The Morgan fingerprint density at radius 1 is 0.974 bits per heavy atom. The minimum absolute atomic E-state index is 0.116. The lowest BCUT2D eigenvalue weighted by atomic mass is 9.65. The highest BCUT2D eigenvalue weighted by molar-refractivity contribution is 6.31. The number of pyridine rings is 1. The van der Waals surface area contributed by atoms with Gasteiger partial charge in [-0.1, -0.05) is 60.1 Å². The second-order valence-corrected chi connectivity index (χ2v) is 10.5. The fraction of sp³-hybridized carbons (Fsp3) is 0.207. The van der Waals surface area contributed by atoms with Crippen molar-refractivity contribution in [2.45, 2.75) is 25.4 Å². The summed E-state index contributed by atoms with van der Waals surface area (Å²) in [6.45, 7) is 0.334. The zero-order chi connectivity index (χ0) is 26.9. The van der Waals surface area contributed by atoms with Crippen molar-refractivity contribution >= 4 is 40.9 Å². The van der Waals surface area contributed by atoms with Gasteiger partial charge in [0.1, 0.15) is 11.5 Å². The van der Waals surface area contributed by atoms with Crippen LogP contribution in [0.1, 0.15) is 28.3 Å². The number of barbiturate groups is 1. The van der Waals surface area contributed by atoms with Gasteiger partial charge in [0.05, 0.1) is 18.2 Å². The summed E-state index contributed by atoms with van der Waals surface area (Å²) in [5.74, 6) is -0.916. The summed E-state index contributed by atoms with van der Waals surface area (Å²) in [5.41, 5.74) is 1.01. The molecule has 3 aliphatic heterocycles. The Labute approximate surface area is 227 Å². The Balaban J connectivity index is 1.47. The maximum atomic E-state index is 14.5. The van der Waals surface area contributed by atoms with Crippen LogP contribution in [0.2, 0.25) is 5.02 Å². The molecule has 1 fully saturated rings. The Morgan fingerprint density at radius 3 is 2.59 bits per heavy atom. The first-order valence-electron chi connectivity index (χ1n) is 12.7. The molecule has 2 aromatic carbocycles. The highest BCUT2D eigenvalue weighted by Gasteiger charge is 2.64. The number of nitrogens with zero attached hydrogens (tertiary/aromatic N) is 4. The highest BCUT2D eigenvalue weighted by Crippen LogP contribution is 2.52. The van der Waals surface area contributed by atoms with Crippen LogP contribution in [0.25, 0.3) is 5.65 Å². The number of hydrogen-bond acceptors (Lipinski definition) is 6. The minimum atomic E-state index is -1.78. The van der Waals surface area contributed by atoms with Gasteiger partial charge in [-0.15, -0.1) is 0 Å². The predicted molar refractivity (Wildman–Crippen MR) is 143 cm³/mol. The monoisotopic (exact) mass is 539 g/mol. The molecular formula is C29H22ClN5O4. The first-order valence-corrected chi connectivity index (χ1v) is 13.0. The molecule has 194 valence electrons. The smallest absolute Gasteiger partial charge is 0.331 e. The Bertz CT molecular complexity index is 1790. The average Bonchev–Trinajstić information content (AvgIpc) is 2.95. The van der Waals surface area contributed by atoms with Gasteiger partial charge >= 0.3 is 6.03 Å². The number of hydrogen-bond donors (Lipinski definition) is 1. The normalized spacial score (nSPS) is 22.0. The molecule has 2 atom stereocenters. The number of amides is 4. The van der Waals surface area contributed by atoms with E-state index in [-0.39, 0.29) is 24.1 Å². The molecule has 0 unspecified atom stereocenters. The van der Waals surface area contributed by atoms with Crippen LogP contribution in [0, 0.1) is 5.41 Å². The quantitative estimate of drug-likeness (QED) is 0.392. The van der Waals surface area contributed by atoms with E-state index >= 15 is 0 Å². The lowest BCUT2D eigenvalue weighted by Crippen LogP contribution is -2.70. The van der Waals surface area contributed by atoms with Gasteiger partial charge in [0.15, 0.2) is 5.41 Å². The zero-order valence-corrected chi connectivity index (χ0v) is 21.4. The molecule has 3 aliphatic rings. The van der Waals surface area contributed by atoms with Crippen molar-refractivity contribution in [2.75, 3.05) is 11.4 Å². The summed E-state index contributed by atoms with van der Waals surface area (Å²) in [7, 11) is 0. The third-order valence-electron chi connectivity index (χ3n) is 8.07. The second-order valence-electron chi connectivity index (χ2n) is 10.1. The van der Waals surface area contributed by atoms with Crippen LogP contribution in [0.5, 0.6) is 0 Å². The third-order valence-corrected chi connectivity index (χ3v) is 8.44. The Kier molecular flexibility index (Phi) is 5.15. The summed E-state index contributed by atoms with van der Waals surface area (Å²) in [5, 5.41) is 2.84. The van der Waals surface area contributed by atoms with Crippen LogP contribution in [0.15, 0.2) is 77.7 Å². The third kappa shape index (κ3) is 3.29. The van der Waals surface area contributed by atoms with Gasteiger partial charge in [-0.05, 0) is 41.3 Å². The zero-order valence-electron chi connectivity index (χ0n) is 20.6. The van der Waals surface area contributed by atoms with Crippen LogP contribution in [0.3, 0.4) is 0 Å². The first-order chi connectivity index (χ1) is 18.9. The number of imide groups is 2. The molecule has 7 rings (SSSR count). The lowest BCUT2D eigenvalue weighted by molar-refractivity contribution is -0.154. The van der Waals surface area contributed by atoms with Crippen LogP contribution in [-0.4, -0.2) is 38.7 Å². The van der Waals surface area contributed by atoms with Gasteiger partial charge in [-0.2, -0.15) is 0 Å². The van der Waals surface area contributed by atoms with Gasteiger partial charge < -0.3 is 4.90 Å². The van der Waals surface area contributed by atoms with E-state index in [2.05, 4.69) is 5.32 Å². The minimum Gasteiger partial charge on any atom is -0.347 e. The predicted octanol–water partition coefficient (Wildman–Crippen LogP) is 3.27. The number of fused-ring (bicyclic) bond motifs is 7. The topological polar surface area (TPSA) is 104 Å². The number of carbonyl (C=O) groups excluding carboxylic acids is 3. The summed E-state index contributed by atoms with van der Waals surface area (Å²) in [4.78, 5) is 63.1. The maximum Gasteiger partial charge on any atom is 0.331 e. The van der Waals surface area contributed by atoms with Crippen molar-refractivity contribution in [3.63, 3.8) is 0 Å². The van der Waals surface area contributed by atoms with Crippen molar-refractivity contribution in [2.24, 2.45) is 5.41 Å². The van der Waals surface area contributed by atoms with E-state index in [1.165, 1.54) is 4.40 Å². The van der Waals surface area contributed by atoms with Crippen molar-refractivity contribution in [3.8, 4) is 0 Å². The molecule has 1 saturated heterocycles. The van der Waals surface area contributed by atoms with Crippen LogP contribution >= 0.6 is 11.6 Å². The molecule has 2 aromatic heterocycles. The molecule has 0 saturated carbocycles. The number of rotatable bonds is 2. The van der Waals surface area contributed by atoms with Crippen LogP contribution in [-0.2, 0) is 29.0 Å². The molecule has 0 radical (unpaired) electrons. The molecule has 1 N–H and O–H groups in total. The summed E-state index contributed by atoms with van der Waals surface area (Å²) in [6.07, 6.45) is 2.07. The molecule has 4 amide bonds. The average molecular weight is 540 g/mol. The van der Waals surface area contributed by atoms with Gasteiger partial charge in [0.25, 0.3) is 5.56 Å². The van der Waals surface area contributed by atoms with Gasteiger partial charge in [-0.3, -0.25) is 29.0 Å². The van der Waals surface area contributed by atoms with E-state index in [4.69, 9.17) is 16.6 Å². The number of nitrogens with one attached hydrogen (secondary N) is 1. The van der Waals surface area contributed by atoms with Crippen molar-refractivity contribution < 1.29 is 14.4 Å². The summed E-state index contributed by atoms with van der Waals surface area (Å²) >= 11 is 6.37. The molecule has 9 nitrogen and oxygen atoms in total. The van der Waals surface area contributed by atoms with E-state index < -0.39 is 29.3 Å². The van der Waals surface area contributed by atoms with E-state index in [1.54, 1.807) is 48.7 Å². The van der Waals surface area contributed by atoms with Gasteiger partial charge in [0, 0.05) is 24.2 Å². The maximum absolute atomic E-state index is 14.5. The second kappa shape index (κ2) is 8.51. The molecule has 4 aromatic rings. The molecule has 0 bridgehead atoms. The number of benzene rings is 2. The fourth-order valence-electron chi connectivity index (χ4n) is 6.25. The number of urea groups is 1. The summed E-state index contributed by atoms with van der Waals surface area (Å²) in [6, 6.07) is 18.3. The SMILES string of the molecule is O=C1NC(=O)[C@]2(Cc3c(nc4ccccn4c3=O)N3CCc4ccccc4[C@H]32)C(=O)N1Cc1ccccc1Cl. The Morgan fingerprint density at radius 2 is 1.74 bits per heavy atom. The molecule has 39 heavy (non-hydrogen) atoms. The number of aromatic nitrogens is 2. The van der Waals surface area contributed by atoms with E-state index in [0.717, 1.165) is 16.0 Å². The highest BCUT2D eigenvalue weighted by atomic mass is 35.5.